The van der Waals surface area contributed by atoms with Gasteiger partial charge >= 0.3 is 5.97 Å². The molecule has 0 aliphatic carbocycles. The van der Waals surface area contributed by atoms with E-state index in [9.17, 15) is 18.0 Å². The quantitative estimate of drug-likeness (QED) is 0.735. The number of nitrogens with one attached hydrogen (secondary N) is 1. The van der Waals surface area contributed by atoms with Crippen LogP contribution in [0.5, 0.6) is 0 Å². The van der Waals surface area contributed by atoms with E-state index in [4.69, 9.17) is 5.11 Å². The third-order valence-electron chi connectivity index (χ3n) is 4.04. The second-order valence-corrected chi connectivity index (χ2v) is 8.02. The number of aliphatic carboxylic acids is 1. The maximum Gasteiger partial charge on any atom is 0.320 e. The van der Waals surface area contributed by atoms with E-state index in [1.165, 1.54) is 19.1 Å². The van der Waals surface area contributed by atoms with Crippen LogP contribution in [-0.2, 0) is 19.4 Å². The molecule has 140 valence electrons. The molecule has 0 saturated carbocycles. The zero-order valence-corrected chi connectivity index (χ0v) is 15.6. The number of amides is 1. The Balaban J connectivity index is 0.00000312. The predicted molar refractivity (Wildman–Crippen MR) is 96.9 cm³/mol. The molecule has 25 heavy (non-hydrogen) atoms. The minimum absolute atomic E-state index is 0. The highest BCUT2D eigenvalue weighted by atomic mass is 35.5. The van der Waals surface area contributed by atoms with E-state index in [0.717, 1.165) is 6.42 Å². The maximum absolute atomic E-state index is 12.3. The summed E-state index contributed by atoms with van der Waals surface area (Å²) < 4.78 is 24.7. The molecule has 1 atom stereocenters. The van der Waals surface area contributed by atoms with Gasteiger partial charge in [-0.3, -0.25) is 14.5 Å². The summed E-state index contributed by atoms with van der Waals surface area (Å²) in [7, 11) is -3.42. The molecule has 1 aromatic carbocycles. The number of carbonyl (C=O) groups is 2. The summed E-state index contributed by atoms with van der Waals surface area (Å²) in [6, 6.07) is 5.54. The number of hydrogen-bond acceptors (Lipinski definition) is 5. The third kappa shape index (κ3) is 5.98. The summed E-state index contributed by atoms with van der Waals surface area (Å²) in [5.41, 5.74) is 0.544. The Kier molecular flexibility index (Phi) is 7.85. The SMILES string of the molecule is CC(=O)Nc1ccc(S(=O)(=O)CCCN2CCC[C@H]2C(=O)O)cc1.Cl. The van der Waals surface area contributed by atoms with Crippen LogP contribution in [0, 0.1) is 0 Å². The van der Waals surface area contributed by atoms with Crippen LogP contribution in [0.15, 0.2) is 29.2 Å². The highest BCUT2D eigenvalue weighted by molar-refractivity contribution is 7.91. The molecule has 0 spiro atoms. The number of sulfone groups is 1. The summed E-state index contributed by atoms with van der Waals surface area (Å²) in [6.07, 6.45) is 1.83. The van der Waals surface area contributed by atoms with Crippen molar-refractivity contribution in [2.75, 3.05) is 24.2 Å². The topological polar surface area (TPSA) is 104 Å². The lowest BCUT2D eigenvalue weighted by atomic mass is 10.2. The van der Waals surface area contributed by atoms with Crippen LogP contribution in [0.1, 0.15) is 26.2 Å². The van der Waals surface area contributed by atoms with Gasteiger partial charge in [0.25, 0.3) is 0 Å². The lowest BCUT2D eigenvalue weighted by molar-refractivity contribution is -0.142. The molecule has 7 nitrogen and oxygen atoms in total. The van der Waals surface area contributed by atoms with Crippen molar-refractivity contribution >= 4 is 39.8 Å². The van der Waals surface area contributed by atoms with Gasteiger partial charge < -0.3 is 10.4 Å². The monoisotopic (exact) mass is 390 g/mol. The fourth-order valence-electron chi connectivity index (χ4n) is 2.90. The fraction of sp³-hybridized carbons (Fsp3) is 0.500. The van der Waals surface area contributed by atoms with Gasteiger partial charge in [0, 0.05) is 12.6 Å². The molecule has 1 saturated heterocycles. The van der Waals surface area contributed by atoms with Gasteiger partial charge in [-0.15, -0.1) is 12.4 Å². The van der Waals surface area contributed by atoms with Crippen molar-refractivity contribution in [1.82, 2.24) is 4.90 Å². The molecule has 0 radical (unpaired) electrons. The van der Waals surface area contributed by atoms with Crippen molar-refractivity contribution in [3.05, 3.63) is 24.3 Å². The molecular formula is C16H23ClN2O5S. The number of carboxylic acid groups (broad SMARTS) is 1. The second kappa shape index (κ2) is 9.17. The van der Waals surface area contributed by atoms with E-state index in [-0.39, 0.29) is 29.0 Å². The minimum atomic E-state index is -3.42. The molecule has 1 heterocycles. The van der Waals surface area contributed by atoms with E-state index >= 15 is 0 Å². The van der Waals surface area contributed by atoms with Crippen molar-refractivity contribution in [2.24, 2.45) is 0 Å². The summed E-state index contributed by atoms with van der Waals surface area (Å²) in [5, 5.41) is 11.7. The Hall–Kier alpha value is -1.64. The van der Waals surface area contributed by atoms with Crippen LogP contribution in [-0.4, -0.2) is 55.2 Å². The number of benzene rings is 1. The van der Waals surface area contributed by atoms with Gasteiger partial charge in [-0.05, 0) is 56.6 Å². The molecule has 0 unspecified atom stereocenters. The van der Waals surface area contributed by atoms with Crippen LogP contribution in [0.2, 0.25) is 0 Å². The number of anilines is 1. The average Bonchev–Trinajstić information content (AvgIpc) is 2.95. The van der Waals surface area contributed by atoms with Crippen LogP contribution in [0.25, 0.3) is 0 Å². The van der Waals surface area contributed by atoms with E-state index in [1.54, 1.807) is 12.1 Å². The van der Waals surface area contributed by atoms with Crippen LogP contribution in [0.4, 0.5) is 5.69 Å². The molecule has 0 aromatic heterocycles. The number of likely N-dealkylation sites (tertiary alicyclic amines) is 1. The molecule has 2 rings (SSSR count). The molecule has 1 amide bonds. The molecule has 0 bridgehead atoms. The van der Waals surface area contributed by atoms with Gasteiger partial charge in [-0.2, -0.15) is 0 Å². The van der Waals surface area contributed by atoms with Gasteiger partial charge in [0.15, 0.2) is 9.84 Å². The van der Waals surface area contributed by atoms with E-state index in [0.29, 0.717) is 31.6 Å². The maximum atomic E-state index is 12.3. The molecule has 2 N–H and O–H groups in total. The van der Waals surface area contributed by atoms with Crippen LogP contribution < -0.4 is 5.32 Å². The van der Waals surface area contributed by atoms with Crippen LogP contribution >= 0.6 is 12.4 Å². The Morgan fingerprint density at radius 3 is 2.48 bits per heavy atom. The highest BCUT2D eigenvalue weighted by Gasteiger charge is 2.30. The standard InChI is InChI=1S/C16H22N2O5S.ClH/c1-12(19)17-13-5-7-14(8-6-13)24(22,23)11-3-10-18-9-2-4-15(18)16(20)21;/h5-8,15H,2-4,9-11H2,1H3,(H,17,19)(H,20,21);1H/t15-;/m0./s1. The lowest BCUT2D eigenvalue weighted by Gasteiger charge is -2.20. The van der Waals surface area contributed by atoms with E-state index in [1.807, 2.05) is 4.90 Å². The van der Waals surface area contributed by atoms with Gasteiger partial charge in [0.1, 0.15) is 6.04 Å². The normalized spacial score (nSPS) is 17.7. The van der Waals surface area contributed by atoms with Crippen LogP contribution in [0.3, 0.4) is 0 Å². The van der Waals surface area contributed by atoms with Gasteiger partial charge in [0.05, 0.1) is 10.6 Å². The molecule has 1 aliphatic heterocycles. The molecule has 1 fully saturated rings. The van der Waals surface area contributed by atoms with Gasteiger partial charge in [0.2, 0.25) is 5.91 Å². The number of halogens is 1. The van der Waals surface area contributed by atoms with Crippen molar-refractivity contribution in [3.63, 3.8) is 0 Å². The highest BCUT2D eigenvalue weighted by Crippen LogP contribution is 2.19. The number of nitrogens with zero attached hydrogens (tertiary/aromatic N) is 1. The zero-order chi connectivity index (χ0) is 17.7. The number of rotatable bonds is 7. The predicted octanol–water partition coefficient (Wildman–Crippen LogP) is 1.78. The zero-order valence-electron chi connectivity index (χ0n) is 14.0. The average molecular weight is 391 g/mol. The summed E-state index contributed by atoms with van der Waals surface area (Å²) in [5.74, 6) is -1.09. The fourth-order valence-corrected chi connectivity index (χ4v) is 4.19. The Labute approximate surface area is 153 Å². The summed E-state index contributed by atoms with van der Waals surface area (Å²) in [6.45, 7) is 2.54. The number of carbonyl (C=O) groups excluding carboxylic acids is 1. The van der Waals surface area contributed by atoms with E-state index < -0.39 is 21.8 Å². The van der Waals surface area contributed by atoms with Crippen molar-refractivity contribution in [3.8, 4) is 0 Å². The smallest absolute Gasteiger partial charge is 0.320 e. The Bertz CT molecular complexity index is 706. The van der Waals surface area contributed by atoms with Crippen molar-refractivity contribution < 1.29 is 23.1 Å². The molecule has 1 aromatic rings. The second-order valence-electron chi connectivity index (χ2n) is 5.91. The third-order valence-corrected chi connectivity index (χ3v) is 5.86. The minimum Gasteiger partial charge on any atom is -0.480 e. The molecule has 9 heteroatoms. The first-order chi connectivity index (χ1) is 11.3. The van der Waals surface area contributed by atoms with E-state index in [2.05, 4.69) is 5.32 Å². The number of carboxylic acids is 1. The first kappa shape index (κ1) is 21.4. The Morgan fingerprint density at radius 1 is 1.28 bits per heavy atom. The lowest BCUT2D eigenvalue weighted by Crippen LogP contribution is -2.37. The first-order valence-corrected chi connectivity index (χ1v) is 9.52. The largest absolute Gasteiger partial charge is 0.480 e. The number of hydrogen-bond donors (Lipinski definition) is 2. The van der Waals surface area contributed by atoms with Crippen molar-refractivity contribution in [1.29, 1.82) is 0 Å². The first-order valence-electron chi connectivity index (χ1n) is 7.87. The molecule has 1 aliphatic rings. The molecular weight excluding hydrogens is 368 g/mol. The summed E-state index contributed by atoms with van der Waals surface area (Å²) in [4.78, 5) is 24.1. The van der Waals surface area contributed by atoms with Crippen molar-refractivity contribution in [2.45, 2.75) is 37.1 Å². The van der Waals surface area contributed by atoms with Gasteiger partial charge in [-0.25, -0.2) is 8.42 Å². The Morgan fingerprint density at radius 2 is 1.92 bits per heavy atom. The van der Waals surface area contributed by atoms with Gasteiger partial charge in [-0.1, -0.05) is 0 Å². The summed E-state index contributed by atoms with van der Waals surface area (Å²) >= 11 is 0.